The standard InChI is InChI=1S/C12H23NO2/c1-7-11(9(2)3)8-10(4)12(14)13(5)15-6/h8-9,11H,7H2,1-6H3/b10-8+/t11-/m1/s1. The lowest BCUT2D eigenvalue weighted by Crippen LogP contribution is -2.26. The average Bonchev–Trinajstić information content (AvgIpc) is 2.22. The molecule has 0 saturated carbocycles. The largest absolute Gasteiger partial charge is 0.274 e. The van der Waals surface area contributed by atoms with E-state index in [0.29, 0.717) is 11.8 Å². The maximum atomic E-state index is 11.7. The number of rotatable bonds is 5. The first kappa shape index (κ1) is 14.2. The molecule has 3 heteroatoms. The molecule has 0 radical (unpaired) electrons. The Balaban J connectivity index is 4.59. The smallest absolute Gasteiger partial charge is 0.272 e. The van der Waals surface area contributed by atoms with Gasteiger partial charge in [0.15, 0.2) is 0 Å². The highest BCUT2D eigenvalue weighted by Gasteiger charge is 2.14. The van der Waals surface area contributed by atoms with Crippen LogP contribution in [-0.2, 0) is 9.63 Å². The third kappa shape index (κ3) is 4.47. The van der Waals surface area contributed by atoms with Gasteiger partial charge in [-0.1, -0.05) is 26.8 Å². The molecule has 0 saturated heterocycles. The Bertz CT molecular complexity index is 234. The maximum Gasteiger partial charge on any atom is 0.272 e. The van der Waals surface area contributed by atoms with Crippen LogP contribution in [0.25, 0.3) is 0 Å². The Morgan fingerprint density at radius 1 is 1.47 bits per heavy atom. The summed E-state index contributed by atoms with van der Waals surface area (Å²) in [4.78, 5) is 16.5. The van der Waals surface area contributed by atoms with E-state index in [4.69, 9.17) is 4.84 Å². The molecule has 88 valence electrons. The van der Waals surface area contributed by atoms with E-state index in [1.54, 1.807) is 7.05 Å². The molecule has 0 spiro atoms. The number of hydrogen-bond acceptors (Lipinski definition) is 2. The molecule has 0 aliphatic carbocycles. The number of carbonyl (C=O) groups is 1. The van der Waals surface area contributed by atoms with Crippen LogP contribution in [0, 0.1) is 11.8 Å². The fourth-order valence-corrected chi connectivity index (χ4v) is 1.51. The highest BCUT2D eigenvalue weighted by molar-refractivity contribution is 5.91. The Labute approximate surface area is 93.1 Å². The number of nitrogens with zero attached hydrogens (tertiary/aromatic N) is 1. The Morgan fingerprint density at radius 3 is 2.33 bits per heavy atom. The minimum atomic E-state index is -0.0726. The predicted octanol–water partition coefficient (Wildman–Crippen LogP) is 2.63. The van der Waals surface area contributed by atoms with Crippen LogP contribution in [0.4, 0.5) is 0 Å². The molecule has 0 heterocycles. The van der Waals surface area contributed by atoms with Crippen LogP contribution in [-0.4, -0.2) is 25.1 Å². The van der Waals surface area contributed by atoms with Crippen molar-refractivity contribution in [2.24, 2.45) is 11.8 Å². The number of likely N-dealkylation sites (N-methyl/N-ethyl adjacent to an activating group) is 1. The molecule has 0 N–H and O–H groups in total. The van der Waals surface area contributed by atoms with Crippen LogP contribution in [0.3, 0.4) is 0 Å². The van der Waals surface area contributed by atoms with Crippen LogP contribution < -0.4 is 0 Å². The van der Waals surface area contributed by atoms with E-state index in [1.165, 1.54) is 12.2 Å². The van der Waals surface area contributed by atoms with E-state index < -0.39 is 0 Å². The summed E-state index contributed by atoms with van der Waals surface area (Å²) >= 11 is 0. The van der Waals surface area contributed by atoms with Gasteiger partial charge in [0, 0.05) is 12.6 Å². The van der Waals surface area contributed by atoms with Crippen molar-refractivity contribution in [1.29, 1.82) is 0 Å². The van der Waals surface area contributed by atoms with Crippen LogP contribution in [0.5, 0.6) is 0 Å². The van der Waals surface area contributed by atoms with Gasteiger partial charge in [-0.3, -0.25) is 9.63 Å². The number of hydroxylamine groups is 2. The molecule has 0 bridgehead atoms. The Hall–Kier alpha value is -0.830. The zero-order chi connectivity index (χ0) is 12.0. The van der Waals surface area contributed by atoms with Gasteiger partial charge in [0.25, 0.3) is 5.91 Å². The lowest BCUT2D eigenvalue weighted by atomic mass is 9.91. The third-order valence-corrected chi connectivity index (χ3v) is 2.69. The predicted molar refractivity (Wildman–Crippen MR) is 62.2 cm³/mol. The summed E-state index contributed by atoms with van der Waals surface area (Å²) in [5.41, 5.74) is 0.750. The minimum absolute atomic E-state index is 0.0726. The normalized spacial score (nSPS) is 14.2. The highest BCUT2D eigenvalue weighted by Crippen LogP contribution is 2.18. The van der Waals surface area contributed by atoms with E-state index in [1.807, 2.05) is 13.0 Å². The summed E-state index contributed by atoms with van der Waals surface area (Å²) in [6.07, 6.45) is 3.10. The number of hydrogen-bond donors (Lipinski definition) is 0. The SMILES string of the molecule is CC[C@H](/C=C(\C)C(=O)N(C)OC)C(C)C. The molecule has 0 aromatic rings. The maximum absolute atomic E-state index is 11.7. The second-order valence-electron chi connectivity index (χ2n) is 4.15. The second-order valence-corrected chi connectivity index (χ2v) is 4.15. The molecule has 0 fully saturated rings. The minimum Gasteiger partial charge on any atom is -0.274 e. The first-order chi connectivity index (χ1) is 6.93. The van der Waals surface area contributed by atoms with Crippen molar-refractivity contribution in [3.05, 3.63) is 11.6 Å². The molecule has 1 atom stereocenters. The second kappa shape index (κ2) is 6.62. The van der Waals surface area contributed by atoms with Gasteiger partial charge in [-0.2, -0.15) is 0 Å². The van der Waals surface area contributed by atoms with E-state index in [-0.39, 0.29) is 5.91 Å². The molecular weight excluding hydrogens is 190 g/mol. The van der Waals surface area contributed by atoms with E-state index in [9.17, 15) is 4.79 Å². The zero-order valence-electron chi connectivity index (χ0n) is 10.7. The van der Waals surface area contributed by atoms with Crippen molar-refractivity contribution in [3.63, 3.8) is 0 Å². The van der Waals surface area contributed by atoms with Gasteiger partial charge in [0.05, 0.1) is 7.11 Å². The summed E-state index contributed by atoms with van der Waals surface area (Å²) in [7, 11) is 3.11. The molecule has 0 aliphatic rings. The van der Waals surface area contributed by atoms with Gasteiger partial charge < -0.3 is 0 Å². The van der Waals surface area contributed by atoms with Gasteiger partial charge in [-0.05, 0) is 25.2 Å². The van der Waals surface area contributed by atoms with Crippen molar-refractivity contribution in [1.82, 2.24) is 5.06 Å². The monoisotopic (exact) mass is 213 g/mol. The van der Waals surface area contributed by atoms with Gasteiger partial charge >= 0.3 is 0 Å². The summed E-state index contributed by atoms with van der Waals surface area (Å²) < 4.78 is 0. The zero-order valence-corrected chi connectivity index (χ0v) is 10.7. The summed E-state index contributed by atoms with van der Waals surface area (Å²) in [6.45, 7) is 8.31. The molecule has 0 aliphatic heterocycles. The summed E-state index contributed by atoms with van der Waals surface area (Å²) in [6, 6.07) is 0. The average molecular weight is 213 g/mol. The van der Waals surface area contributed by atoms with Gasteiger partial charge in [0.2, 0.25) is 0 Å². The van der Waals surface area contributed by atoms with E-state index in [0.717, 1.165) is 12.0 Å². The number of carbonyl (C=O) groups excluding carboxylic acids is 1. The topological polar surface area (TPSA) is 29.5 Å². The molecule has 0 aromatic heterocycles. The summed E-state index contributed by atoms with van der Waals surface area (Å²) in [5, 5.41) is 1.25. The fourth-order valence-electron chi connectivity index (χ4n) is 1.51. The first-order valence-corrected chi connectivity index (χ1v) is 5.44. The molecule has 0 aromatic carbocycles. The Kier molecular flexibility index (Phi) is 6.25. The lowest BCUT2D eigenvalue weighted by molar-refractivity contribution is -0.163. The molecule has 0 rings (SSSR count). The lowest BCUT2D eigenvalue weighted by Gasteiger charge is -2.18. The van der Waals surface area contributed by atoms with E-state index in [2.05, 4.69) is 20.8 Å². The van der Waals surface area contributed by atoms with Crippen molar-refractivity contribution in [3.8, 4) is 0 Å². The molecule has 0 unspecified atom stereocenters. The van der Waals surface area contributed by atoms with Crippen LogP contribution in [0.15, 0.2) is 11.6 Å². The highest BCUT2D eigenvalue weighted by atomic mass is 16.7. The molecule has 1 amide bonds. The van der Waals surface area contributed by atoms with Crippen LogP contribution in [0.2, 0.25) is 0 Å². The van der Waals surface area contributed by atoms with Crippen LogP contribution in [0.1, 0.15) is 34.1 Å². The van der Waals surface area contributed by atoms with Gasteiger partial charge in [0.1, 0.15) is 0 Å². The summed E-state index contributed by atoms with van der Waals surface area (Å²) in [5.74, 6) is 0.946. The molecular formula is C12H23NO2. The van der Waals surface area contributed by atoms with Crippen LogP contribution >= 0.6 is 0 Å². The fraction of sp³-hybridized carbons (Fsp3) is 0.750. The number of amides is 1. The molecule has 3 nitrogen and oxygen atoms in total. The van der Waals surface area contributed by atoms with Crippen molar-refractivity contribution < 1.29 is 9.63 Å². The van der Waals surface area contributed by atoms with Crippen molar-refractivity contribution in [2.75, 3.05) is 14.2 Å². The van der Waals surface area contributed by atoms with E-state index >= 15 is 0 Å². The van der Waals surface area contributed by atoms with Crippen molar-refractivity contribution in [2.45, 2.75) is 34.1 Å². The first-order valence-electron chi connectivity index (χ1n) is 5.44. The van der Waals surface area contributed by atoms with Crippen molar-refractivity contribution >= 4 is 5.91 Å². The van der Waals surface area contributed by atoms with Gasteiger partial charge in [-0.25, -0.2) is 5.06 Å². The quantitative estimate of drug-likeness (QED) is 0.519. The third-order valence-electron chi connectivity index (χ3n) is 2.69. The molecule has 15 heavy (non-hydrogen) atoms. The number of allylic oxidation sites excluding steroid dienone is 1. The Morgan fingerprint density at radius 2 is 2.00 bits per heavy atom. The van der Waals surface area contributed by atoms with Gasteiger partial charge in [-0.15, -0.1) is 0 Å².